The zero-order chi connectivity index (χ0) is 16.0. The van der Waals surface area contributed by atoms with E-state index in [1.807, 2.05) is 24.6 Å². The predicted octanol–water partition coefficient (Wildman–Crippen LogP) is 1.35. The first-order chi connectivity index (χ1) is 10.3. The highest BCUT2D eigenvalue weighted by Gasteiger charge is 2.56. The SMILES string of the molecule is Cc1nccn1-c1cncc(NC(C)C2(S(C)(=O)=O)CC2)n1. The molecule has 0 spiro atoms. The molecule has 0 saturated heterocycles. The molecule has 118 valence electrons. The third-order valence-corrected chi connectivity index (χ3v) is 6.57. The molecule has 1 saturated carbocycles. The van der Waals surface area contributed by atoms with Gasteiger partial charge in [0.15, 0.2) is 15.7 Å². The summed E-state index contributed by atoms with van der Waals surface area (Å²) >= 11 is 0. The molecule has 3 rings (SSSR count). The highest BCUT2D eigenvalue weighted by atomic mass is 32.2. The molecular weight excluding hydrogens is 302 g/mol. The first-order valence-corrected chi connectivity index (χ1v) is 9.01. The van der Waals surface area contributed by atoms with E-state index in [1.54, 1.807) is 18.6 Å². The monoisotopic (exact) mass is 321 g/mol. The number of hydrogen-bond acceptors (Lipinski definition) is 6. The summed E-state index contributed by atoms with van der Waals surface area (Å²) in [6, 6.07) is -0.212. The number of rotatable bonds is 5. The van der Waals surface area contributed by atoms with Crippen molar-refractivity contribution in [3.05, 3.63) is 30.6 Å². The first-order valence-electron chi connectivity index (χ1n) is 7.12. The summed E-state index contributed by atoms with van der Waals surface area (Å²) in [5.74, 6) is 2.03. The van der Waals surface area contributed by atoms with Crippen LogP contribution in [-0.4, -0.2) is 45.0 Å². The average Bonchev–Trinajstić information content (AvgIpc) is 3.17. The Labute approximate surface area is 129 Å². The molecule has 0 amide bonds. The Morgan fingerprint density at radius 1 is 1.36 bits per heavy atom. The Morgan fingerprint density at radius 2 is 2.09 bits per heavy atom. The number of sulfone groups is 1. The fourth-order valence-electron chi connectivity index (χ4n) is 2.76. The van der Waals surface area contributed by atoms with Crippen molar-refractivity contribution in [1.82, 2.24) is 19.5 Å². The highest BCUT2D eigenvalue weighted by molar-refractivity contribution is 7.92. The average molecular weight is 321 g/mol. The van der Waals surface area contributed by atoms with Crippen LogP contribution in [0.5, 0.6) is 0 Å². The molecule has 8 heteroatoms. The van der Waals surface area contributed by atoms with Crippen LogP contribution < -0.4 is 5.32 Å². The largest absolute Gasteiger partial charge is 0.365 e. The van der Waals surface area contributed by atoms with Crippen LogP contribution in [0.1, 0.15) is 25.6 Å². The van der Waals surface area contributed by atoms with Gasteiger partial charge in [-0.25, -0.2) is 18.4 Å². The van der Waals surface area contributed by atoms with Crippen LogP contribution in [0.2, 0.25) is 0 Å². The van der Waals surface area contributed by atoms with Gasteiger partial charge in [0.25, 0.3) is 0 Å². The van der Waals surface area contributed by atoms with Crippen LogP contribution in [0.3, 0.4) is 0 Å². The van der Waals surface area contributed by atoms with Gasteiger partial charge < -0.3 is 5.32 Å². The lowest BCUT2D eigenvalue weighted by atomic mass is 10.2. The molecule has 0 radical (unpaired) electrons. The van der Waals surface area contributed by atoms with Gasteiger partial charge >= 0.3 is 0 Å². The van der Waals surface area contributed by atoms with Crippen molar-refractivity contribution in [3.8, 4) is 5.82 Å². The number of aryl methyl sites for hydroxylation is 1. The van der Waals surface area contributed by atoms with E-state index in [2.05, 4.69) is 20.3 Å². The number of hydrogen-bond donors (Lipinski definition) is 1. The maximum absolute atomic E-state index is 12.0. The molecule has 7 nitrogen and oxygen atoms in total. The zero-order valence-electron chi connectivity index (χ0n) is 12.8. The minimum absolute atomic E-state index is 0.212. The van der Waals surface area contributed by atoms with Crippen LogP contribution in [0, 0.1) is 6.92 Å². The van der Waals surface area contributed by atoms with Gasteiger partial charge in [-0.15, -0.1) is 0 Å². The molecular formula is C14H19N5O2S. The van der Waals surface area contributed by atoms with Gasteiger partial charge in [-0.2, -0.15) is 0 Å². The standard InChI is InChI=1S/C14H19N5O2S/c1-10(14(4-5-14)22(3,20)21)17-12-8-15-9-13(18-12)19-7-6-16-11(19)2/h6-10H,4-5H2,1-3H3,(H,17,18). The molecule has 2 heterocycles. The van der Waals surface area contributed by atoms with Crippen molar-refractivity contribution in [2.24, 2.45) is 0 Å². The van der Waals surface area contributed by atoms with E-state index < -0.39 is 14.6 Å². The molecule has 0 aromatic carbocycles. The Bertz CT molecular complexity index is 795. The fraction of sp³-hybridized carbons (Fsp3) is 0.500. The molecule has 1 aliphatic carbocycles. The van der Waals surface area contributed by atoms with E-state index in [0.29, 0.717) is 24.5 Å². The molecule has 0 bridgehead atoms. The molecule has 2 aromatic rings. The van der Waals surface area contributed by atoms with Crippen LogP contribution >= 0.6 is 0 Å². The normalized spacial score (nSPS) is 18.0. The zero-order valence-corrected chi connectivity index (χ0v) is 13.6. The second kappa shape index (κ2) is 5.05. The maximum atomic E-state index is 12.0. The summed E-state index contributed by atoms with van der Waals surface area (Å²) in [5.41, 5.74) is 0. The maximum Gasteiger partial charge on any atom is 0.159 e. The summed E-state index contributed by atoms with van der Waals surface area (Å²) in [4.78, 5) is 12.8. The van der Waals surface area contributed by atoms with Crippen molar-refractivity contribution in [1.29, 1.82) is 0 Å². The molecule has 1 aliphatic rings. The minimum Gasteiger partial charge on any atom is -0.365 e. The van der Waals surface area contributed by atoms with E-state index in [9.17, 15) is 8.42 Å². The Hall–Kier alpha value is -1.96. The van der Waals surface area contributed by atoms with E-state index in [1.165, 1.54) is 6.26 Å². The molecule has 22 heavy (non-hydrogen) atoms. The Morgan fingerprint density at radius 3 is 2.64 bits per heavy atom. The van der Waals surface area contributed by atoms with Crippen molar-refractivity contribution in [2.45, 2.75) is 37.5 Å². The predicted molar refractivity (Wildman–Crippen MR) is 83.8 cm³/mol. The minimum atomic E-state index is -3.10. The third kappa shape index (κ3) is 2.47. The topological polar surface area (TPSA) is 89.8 Å². The summed E-state index contributed by atoms with van der Waals surface area (Å²) in [5, 5.41) is 3.19. The van der Waals surface area contributed by atoms with Crippen molar-refractivity contribution >= 4 is 15.7 Å². The van der Waals surface area contributed by atoms with Gasteiger partial charge in [0, 0.05) is 24.7 Å². The van der Waals surface area contributed by atoms with Crippen LogP contribution in [0.25, 0.3) is 5.82 Å². The van der Waals surface area contributed by atoms with Crippen LogP contribution in [-0.2, 0) is 9.84 Å². The molecule has 0 aliphatic heterocycles. The third-order valence-electron chi connectivity index (χ3n) is 4.33. The van der Waals surface area contributed by atoms with Gasteiger partial charge in [0.2, 0.25) is 0 Å². The van der Waals surface area contributed by atoms with Crippen molar-refractivity contribution in [2.75, 3.05) is 11.6 Å². The molecule has 2 aromatic heterocycles. The van der Waals surface area contributed by atoms with Crippen LogP contribution in [0.15, 0.2) is 24.8 Å². The Balaban J connectivity index is 1.84. The molecule has 1 unspecified atom stereocenters. The molecule has 1 N–H and O–H groups in total. The quantitative estimate of drug-likeness (QED) is 0.894. The van der Waals surface area contributed by atoms with Crippen LogP contribution in [0.4, 0.5) is 5.82 Å². The van der Waals surface area contributed by atoms with Gasteiger partial charge in [0.1, 0.15) is 11.6 Å². The number of imidazole rings is 1. The van der Waals surface area contributed by atoms with E-state index in [4.69, 9.17) is 0 Å². The summed E-state index contributed by atoms with van der Waals surface area (Å²) in [7, 11) is -3.10. The lowest BCUT2D eigenvalue weighted by Gasteiger charge is -2.23. The van der Waals surface area contributed by atoms with E-state index in [0.717, 1.165) is 5.82 Å². The van der Waals surface area contributed by atoms with Crippen molar-refractivity contribution in [3.63, 3.8) is 0 Å². The van der Waals surface area contributed by atoms with E-state index in [-0.39, 0.29) is 6.04 Å². The van der Waals surface area contributed by atoms with Gasteiger partial charge in [0.05, 0.1) is 17.1 Å². The van der Waals surface area contributed by atoms with Gasteiger partial charge in [-0.05, 0) is 26.7 Å². The highest BCUT2D eigenvalue weighted by Crippen LogP contribution is 2.46. The van der Waals surface area contributed by atoms with Gasteiger partial charge in [-0.3, -0.25) is 9.55 Å². The fourth-order valence-corrected chi connectivity index (χ4v) is 4.31. The first kappa shape index (κ1) is 15.0. The second-order valence-corrected chi connectivity index (χ2v) is 8.17. The summed E-state index contributed by atoms with van der Waals surface area (Å²) < 4.78 is 25.1. The summed E-state index contributed by atoms with van der Waals surface area (Å²) in [6.45, 7) is 3.76. The number of anilines is 1. The lowest BCUT2D eigenvalue weighted by Crippen LogP contribution is -2.39. The van der Waals surface area contributed by atoms with Gasteiger partial charge in [-0.1, -0.05) is 0 Å². The number of aromatic nitrogens is 4. The smallest absolute Gasteiger partial charge is 0.159 e. The van der Waals surface area contributed by atoms with Crippen molar-refractivity contribution < 1.29 is 8.42 Å². The Kier molecular flexibility index (Phi) is 3.43. The van der Waals surface area contributed by atoms with E-state index >= 15 is 0 Å². The number of nitrogens with zero attached hydrogens (tertiary/aromatic N) is 4. The lowest BCUT2D eigenvalue weighted by molar-refractivity contribution is 0.568. The molecule has 1 fully saturated rings. The molecule has 1 atom stereocenters. The second-order valence-electron chi connectivity index (χ2n) is 5.81. The summed E-state index contributed by atoms with van der Waals surface area (Å²) in [6.07, 6.45) is 9.43. The number of nitrogens with one attached hydrogen (secondary N) is 1.